The van der Waals surface area contributed by atoms with E-state index in [0.717, 1.165) is 35.4 Å². The Labute approximate surface area is 230 Å². The van der Waals surface area contributed by atoms with Gasteiger partial charge in [-0.3, -0.25) is 4.79 Å². The molecule has 0 fully saturated rings. The Balaban J connectivity index is 1.51. The molecule has 3 amide bonds. The summed E-state index contributed by atoms with van der Waals surface area (Å²) in [6.07, 6.45) is 3.39. The molecule has 0 aromatic heterocycles. The van der Waals surface area contributed by atoms with E-state index in [1.54, 1.807) is 34.9 Å². The average Bonchev–Trinajstić information content (AvgIpc) is 3.17. The van der Waals surface area contributed by atoms with E-state index >= 15 is 0 Å². The second-order valence-corrected chi connectivity index (χ2v) is 10.1. The number of hydrogen-bond donors (Lipinski definition) is 3. The van der Waals surface area contributed by atoms with Crippen molar-refractivity contribution in [2.24, 2.45) is 5.10 Å². The number of nitrogens with one attached hydrogen (secondary N) is 2. The number of anilines is 2. The van der Waals surface area contributed by atoms with Crippen LogP contribution in [0.25, 0.3) is 0 Å². The lowest BCUT2D eigenvalue weighted by Gasteiger charge is -2.16. The number of unbranched alkanes of at least 4 members (excludes halogenated alkanes) is 2. The van der Waals surface area contributed by atoms with Gasteiger partial charge in [0.2, 0.25) is 0 Å². The molecule has 1 aliphatic heterocycles. The number of carboxylic acid groups (broad SMARTS) is 1. The Morgan fingerprint density at radius 3 is 2.64 bits per heavy atom. The van der Waals surface area contributed by atoms with Crippen LogP contribution in [0.2, 0.25) is 0 Å². The Hall–Kier alpha value is -4.18. The first-order chi connectivity index (χ1) is 18.9. The van der Waals surface area contributed by atoms with Crippen molar-refractivity contribution in [2.45, 2.75) is 37.5 Å². The van der Waals surface area contributed by atoms with Crippen LogP contribution in [0.15, 0.2) is 76.7 Å². The van der Waals surface area contributed by atoms with E-state index in [1.165, 1.54) is 18.2 Å². The Morgan fingerprint density at radius 1 is 1.05 bits per heavy atom. The summed E-state index contributed by atoms with van der Waals surface area (Å²) >= 11 is 1.54. The molecule has 39 heavy (non-hydrogen) atoms. The fraction of sp³-hybridized carbons (Fsp3) is 0.241. The van der Waals surface area contributed by atoms with Crippen molar-refractivity contribution in [3.05, 3.63) is 89.2 Å². The number of rotatable bonds is 11. The fourth-order valence-corrected chi connectivity index (χ4v) is 5.21. The third-order valence-corrected chi connectivity index (χ3v) is 7.18. The zero-order valence-corrected chi connectivity index (χ0v) is 22.3. The molecule has 10 heteroatoms. The van der Waals surface area contributed by atoms with E-state index in [-0.39, 0.29) is 22.9 Å². The van der Waals surface area contributed by atoms with Crippen molar-refractivity contribution < 1.29 is 23.9 Å². The molecular formula is C29H29FN4O4S. The number of thioether (sulfide) groups is 1. The molecule has 8 nitrogen and oxygen atoms in total. The molecule has 3 aromatic rings. The molecule has 0 bridgehead atoms. The number of hydrogen-bond acceptors (Lipinski definition) is 5. The van der Waals surface area contributed by atoms with Crippen molar-refractivity contribution in [2.75, 3.05) is 22.5 Å². The maximum atomic E-state index is 13.4. The van der Waals surface area contributed by atoms with Crippen molar-refractivity contribution in [1.82, 2.24) is 5.43 Å². The van der Waals surface area contributed by atoms with Gasteiger partial charge in [0, 0.05) is 28.4 Å². The van der Waals surface area contributed by atoms with Gasteiger partial charge < -0.3 is 15.3 Å². The van der Waals surface area contributed by atoms with Gasteiger partial charge in [0.15, 0.2) is 5.71 Å². The lowest BCUT2D eigenvalue weighted by molar-refractivity contribution is -0.112. The minimum atomic E-state index is -0.954. The van der Waals surface area contributed by atoms with E-state index in [1.807, 2.05) is 30.3 Å². The van der Waals surface area contributed by atoms with Gasteiger partial charge in [0.05, 0.1) is 11.3 Å². The zero-order chi connectivity index (χ0) is 27.8. The Bertz CT molecular complexity index is 1410. The maximum Gasteiger partial charge on any atom is 0.339 e. The molecule has 0 radical (unpaired) electrons. The second kappa shape index (κ2) is 13.1. The van der Waals surface area contributed by atoms with Crippen LogP contribution in [0.5, 0.6) is 0 Å². The molecule has 1 heterocycles. The van der Waals surface area contributed by atoms with E-state index in [0.29, 0.717) is 24.3 Å². The number of amides is 3. The van der Waals surface area contributed by atoms with Gasteiger partial charge in [-0.05, 0) is 60.9 Å². The first-order valence-electron chi connectivity index (χ1n) is 12.7. The highest BCUT2D eigenvalue weighted by Crippen LogP contribution is 2.34. The van der Waals surface area contributed by atoms with Gasteiger partial charge in [0.1, 0.15) is 5.82 Å². The topological polar surface area (TPSA) is 111 Å². The Kier molecular flexibility index (Phi) is 9.32. The molecule has 0 saturated carbocycles. The minimum Gasteiger partial charge on any atom is -0.478 e. The van der Waals surface area contributed by atoms with Gasteiger partial charge in [-0.25, -0.2) is 19.4 Å². The molecule has 3 aromatic carbocycles. The van der Waals surface area contributed by atoms with Crippen LogP contribution in [0.4, 0.5) is 20.6 Å². The molecule has 0 atom stereocenters. The van der Waals surface area contributed by atoms with E-state index < -0.39 is 17.8 Å². The van der Waals surface area contributed by atoms with Gasteiger partial charge >= 0.3 is 12.0 Å². The van der Waals surface area contributed by atoms with Crippen molar-refractivity contribution in [3.63, 3.8) is 0 Å². The third kappa shape index (κ3) is 7.02. The number of halogens is 1. The summed E-state index contributed by atoms with van der Waals surface area (Å²) in [5, 5.41) is 16.1. The second-order valence-electron chi connectivity index (χ2n) is 8.94. The standard InChI is InChI=1S/C29H29FN4O4S/c1-2-3-6-15-34-25-13-12-22(39-16-14-19-8-4-5-11-23(19)28(36)37)18-24(25)26(27(34)35)32-33-29(38)31-21-10-7-9-20(30)17-21/h4-5,7-13,17-18H,2-3,6,14-16H2,1H3,(H,36,37)(H2,31,33,38). The number of urea groups is 1. The summed E-state index contributed by atoms with van der Waals surface area (Å²) < 4.78 is 13.4. The van der Waals surface area contributed by atoms with E-state index in [4.69, 9.17) is 0 Å². The van der Waals surface area contributed by atoms with Gasteiger partial charge in [-0.1, -0.05) is 44.0 Å². The fourth-order valence-electron chi connectivity index (χ4n) is 4.29. The number of nitrogens with zero attached hydrogens (tertiary/aromatic N) is 2. The smallest absolute Gasteiger partial charge is 0.339 e. The molecule has 0 saturated heterocycles. The van der Waals surface area contributed by atoms with Gasteiger partial charge in [-0.2, -0.15) is 5.10 Å². The number of carbonyl (C=O) groups is 3. The number of benzene rings is 3. The van der Waals surface area contributed by atoms with E-state index in [9.17, 15) is 23.9 Å². The molecule has 0 aliphatic carbocycles. The largest absolute Gasteiger partial charge is 0.478 e. The number of carboxylic acids is 1. The van der Waals surface area contributed by atoms with Crippen molar-refractivity contribution in [3.8, 4) is 0 Å². The summed E-state index contributed by atoms with van der Waals surface area (Å²) in [7, 11) is 0. The summed E-state index contributed by atoms with van der Waals surface area (Å²) in [5.41, 5.74) is 5.12. The number of aromatic carboxylic acids is 1. The quantitative estimate of drug-likeness (QED) is 0.156. The first kappa shape index (κ1) is 27.8. The molecule has 0 spiro atoms. The lowest BCUT2D eigenvalue weighted by Crippen LogP contribution is -2.33. The summed E-state index contributed by atoms with van der Waals surface area (Å²) in [6, 6.07) is 17.4. The summed E-state index contributed by atoms with van der Waals surface area (Å²) in [5.74, 6) is -1.11. The molecule has 3 N–H and O–H groups in total. The predicted octanol–water partition coefficient (Wildman–Crippen LogP) is 5.92. The van der Waals surface area contributed by atoms with E-state index in [2.05, 4.69) is 22.8 Å². The zero-order valence-electron chi connectivity index (χ0n) is 21.4. The Morgan fingerprint density at radius 2 is 1.87 bits per heavy atom. The van der Waals surface area contributed by atoms with Crippen LogP contribution in [-0.2, 0) is 11.2 Å². The third-order valence-electron chi connectivity index (χ3n) is 6.19. The van der Waals surface area contributed by atoms with Gasteiger partial charge in [0.25, 0.3) is 5.91 Å². The van der Waals surface area contributed by atoms with Crippen LogP contribution in [0.3, 0.4) is 0 Å². The molecule has 1 aliphatic rings. The van der Waals surface area contributed by atoms with Crippen LogP contribution >= 0.6 is 11.8 Å². The first-order valence-corrected chi connectivity index (χ1v) is 13.7. The molecule has 0 unspecified atom stereocenters. The average molecular weight is 549 g/mol. The molecular weight excluding hydrogens is 519 g/mol. The number of hydrazone groups is 1. The number of carbonyl (C=O) groups excluding carboxylic acids is 2. The normalized spacial score (nSPS) is 13.4. The van der Waals surface area contributed by atoms with Crippen molar-refractivity contribution >= 4 is 46.8 Å². The minimum absolute atomic E-state index is 0.120. The number of aryl methyl sites for hydroxylation is 1. The highest BCUT2D eigenvalue weighted by molar-refractivity contribution is 7.99. The SMILES string of the molecule is CCCCCN1C(=O)C(=NNC(=O)Nc2cccc(F)c2)c2cc(SCCc3ccccc3C(=O)O)ccc21. The summed E-state index contributed by atoms with van der Waals surface area (Å²) in [6.45, 7) is 2.62. The lowest BCUT2D eigenvalue weighted by atomic mass is 10.1. The molecule has 4 rings (SSSR count). The van der Waals surface area contributed by atoms with Crippen LogP contribution in [-0.4, -0.2) is 41.0 Å². The highest BCUT2D eigenvalue weighted by Gasteiger charge is 2.34. The number of fused-ring (bicyclic) bond motifs is 1. The maximum absolute atomic E-state index is 13.4. The van der Waals surface area contributed by atoms with Crippen molar-refractivity contribution in [1.29, 1.82) is 0 Å². The monoisotopic (exact) mass is 548 g/mol. The summed E-state index contributed by atoms with van der Waals surface area (Å²) in [4.78, 5) is 39.7. The van der Waals surface area contributed by atoms with Crippen LogP contribution in [0, 0.1) is 5.82 Å². The van der Waals surface area contributed by atoms with Crippen LogP contribution in [0.1, 0.15) is 47.7 Å². The van der Waals surface area contributed by atoms with Gasteiger partial charge in [-0.15, -0.1) is 11.8 Å². The predicted molar refractivity (Wildman–Crippen MR) is 151 cm³/mol. The van der Waals surface area contributed by atoms with Crippen LogP contribution < -0.4 is 15.6 Å². The highest BCUT2D eigenvalue weighted by atomic mass is 32.2. The molecule has 202 valence electrons.